The minimum absolute atomic E-state index is 0.132. The lowest BCUT2D eigenvalue weighted by atomic mass is 9.90. The van der Waals surface area contributed by atoms with Gasteiger partial charge in [-0.3, -0.25) is 0 Å². The molecule has 0 amide bonds. The number of ether oxygens (including phenoxy) is 7. The zero-order chi connectivity index (χ0) is 36.0. The molecule has 270 valence electrons. The van der Waals surface area contributed by atoms with Gasteiger partial charge in [0.2, 0.25) is 0 Å². The maximum atomic E-state index is 13.9. The molecule has 0 spiro atoms. The molecule has 52 heavy (non-hydrogen) atoms. The quantitative estimate of drug-likeness (QED) is 0.0960. The molecule has 0 unspecified atom stereocenters. The Hall–Kier alpha value is -4.67. The molecule has 8 nitrogen and oxygen atoms in total. The Morgan fingerprint density at radius 3 is 1.48 bits per heavy atom. The molecular weight excluding hydrogens is 656 g/mol. The van der Waals surface area contributed by atoms with Crippen LogP contribution in [0.4, 0.5) is 0 Å². The number of hydrogen-bond donors (Lipinski definition) is 0. The molecule has 0 saturated carbocycles. The molecule has 5 aromatic carbocycles. The fourth-order valence-corrected chi connectivity index (χ4v) is 6.38. The first-order chi connectivity index (χ1) is 25.5. The van der Waals surface area contributed by atoms with Gasteiger partial charge in [0.15, 0.2) is 11.9 Å². The zero-order valence-corrected chi connectivity index (χ0v) is 29.6. The Kier molecular flexibility index (Phi) is 13.3. The van der Waals surface area contributed by atoms with Crippen molar-refractivity contribution >= 4 is 5.97 Å². The molecule has 0 aliphatic carbocycles. The molecule has 0 bridgehead atoms. The smallest absolute Gasteiger partial charge is 0.338 e. The maximum Gasteiger partial charge on any atom is 0.338 e. The van der Waals surface area contributed by atoms with Crippen molar-refractivity contribution in [3.63, 3.8) is 0 Å². The molecule has 0 N–H and O–H groups in total. The van der Waals surface area contributed by atoms with Gasteiger partial charge in [-0.1, -0.05) is 140 Å². The zero-order valence-electron chi connectivity index (χ0n) is 29.6. The van der Waals surface area contributed by atoms with Crippen molar-refractivity contribution in [3.05, 3.63) is 179 Å². The van der Waals surface area contributed by atoms with Gasteiger partial charge in [-0.25, -0.2) is 4.79 Å². The van der Waals surface area contributed by atoms with Gasteiger partial charge in [-0.05, 0) is 41.3 Å². The summed E-state index contributed by atoms with van der Waals surface area (Å²) < 4.78 is 46.2. The predicted octanol–water partition coefficient (Wildman–Crippen LogP) is 7.95. The van der Waals surface area contributed by atoms with E-state index in [2.05, 4.69) is 0 Å². The molecule has 5 aromatic rings. The van der Waals surface area contributed by atoms with Crippen molar-refractivity contribution < 1.29 is 38.0 Å². The van der Waals surface area contributed by atoms with Crippen molar-refractivity contribution in [2.45, 2.75) is 69.7 Å². The fraction of sp³-hybridized carbons (Fsp3) is 0.295. The third-order valence-electron chi connectivity index (χ3n) is 9.09. The number of hydrogen-bond acceptors (Lipinski definition) is 8. The standard InChI is InChI=1S/C44H46O8/c1-44(52-42(45)37-26-16-7-17-27-37)41(50-31-36-24-14-6-15-25-36)40(49-30-35-22-12-5-13-23-35)39(48-29-34-20-10-4-11-21-34)38(51-43(44)46-2)32-47-28-33-18-8-3-9-19-33/h3-27,38-41,43H,28-32H2,1-2H3/t38-,39+,40+,41-,43+,44-/m1/s1. The first kappa shape index (κ1) is 37.1. The maximum absolute atomic E-state index is 13.9. The van der Waals surface area contributed by atoms with Gasteiger partial charge >= 0.3 is 5.97 Å². The van der Waals surface area contributed by atoms with Crippen LogP contribution in [0.15, 0.2) is 152 Å². The van der Waals surface area contributed by atoms with Crippen LogP contribution in [0.1, 0.15) is 39.5 Å². The molecule has 1 saturated heterocycles. The Bertz CT molecular complexity index is 1760. The summed E-state index contributed by atoms with van der Waals surface area (Å²) >= 11 is 0. The van der Waals surface area contributed by atoms with E-state index in [0.717, 1.165) is 22.3 Å². The summed E-state index contributed by atoms with van der Waals surface area (Å²) in [4.78, 5) is 13.9. The summed E-state index contributed by atoms with van der Waals surface area (Å²) in [6.07, 6.45) is -4.34. The van der Waals surface area contributed by atoms with E-state index in [9.17, 15) is 4.79 Å². The third-order valence-corrected chi connectivity index (χ3v) is 9.09. The molecule has 6 atom stereocenters. The van der Waals surface area contributed by atoms with Crippen LogP contribution >= 0.6 is 0 Å². The Morgan fingerprint density at radius 1 is 0.577 bits per heavy atom. The number of benzene rings is 5. The van der Waals surface area contributed by atoms with E-state index in [-0.39, 0.29) is 26.4 Å². The Labute approximate surface area is 306 Å². The van der Waals surface area contributed by atoms with Crippen LogP contribution < -0.4 is 0 Å². The topological polar surface area (TPSA) is 81.7 Å². The van der Waals surface area contributed by atoms with Gasteiger partial charge in [0, 0.05) is 7.11 Å². The SMILES string of the molecule is CO[C@H]1O[C@H](COCc2ccccc2)[C@H](OCc2ccccc2)[C@H](OCc2ccccc2)[C@@H](OCc2ccccc2)[C@@]1(C)OC(=O)c1ccccc1. The summed E-state index contributed by atoms with van der Waals surface area (Å²) in [5, 5.41) is 0. The normalized spacial score (nSPS) is 23.1. The summed E-state index contributed by atoms with van der Waals surface area (Å²) in [5.41, 5.74) is 2.74. The van der Waals surface area contributed by atoms with Crippen molar-refractivity contribution in [1.82, 2.24) is 0 Å². The van der Waals surface area contributed by atoms with Crippen LogP contribution in [0.3, 0.4) is 0 Å². The van der Waals surface area contributed by atoms with E-state index in [4.69, 9.17) is 33.2 Å². The van der Waals surface area contributed by atoms with Crippen LogP contribution in [-0.4, -0.2) is 56.0 Å². The summed E-state index contributed by atoms with van der Waals surface area (Å²) in [6.45, 7) is 2.96. The molecular formula is C44H46O8. The molecule has 1 fully saturated rings. The molecule has 1 heterocycles. The molecule has 8 heteroatoms. The van der Waals surface area contributed by atoms with Crippen LogP contribution in [0.5, 0.6) is 0 Å². The summed E-state index contributed by atoms with van der Waals surface area (Å²) in [5.74, 6) is -0.551. The van der Waals surface area contributed by atoms with Gasteiger partial charge in [-0.15, -0.1) is 0 Å². The van der Waals surface area contributed by atoms with Gasteiger partial charge in [-0.2, -0.15) is 0 Å². The molecule has 1 aliphatic rings. The van der Waals surface area contributed by atoms with Crippen LogP contribution in [0, 0.1) is 0 Å². The Balaban J connectivity index is 1.42. The fourth-order valence-electron chi connectivity index (χ4n) is 6.38. The molecule has 1 aliphatic heterocycles. The van der Waals surface area contributed by atoms with Crippen molar-refractivity contribution in [3.8, 4) is 0 Å². The van der Waals surface area contributed by atoms with E-state index in [1.54, 1.807) is 31.2 Å². The number of rotatable bonds is 16. The van der Waals surface area contributed by atoms with Crippen molar-refractivity contribution in [2.24, 2.45) is 0 Å². The third kappa shape index (κ3) is 9.80. The average molecular weight is 703 g/mol. The number of carbonyl (C=O) groups is 1. The monoisotopic (exact) mass is 702 g/mol. The number of methoxy groups -OCH3 is 1. The van der Waals surface area contributed by atoms with Gasteiger partial charge in [0.1, 0.15) is 24.4 Å². The lowest BCUT2D eigenvalue weighted by Crippen LogP contribution is -2.60. The second-order valence-corrected chi connectivity index (χ2v) is 12.9. The minimum Gasteiger partial charge on any atom is -0.447 e. The van der Waals surface area contributed by atoms with Gasteiger partial charge in [0.25, 0.3) is 0 Å². The summed E-state index contributed by atoms with van der Waals surface area (Å²) in [7, 11) is 1.53. The lowest BCUT2D eigenvalue weighted by Gasteiger charge is -2.42. The highest BCUT2D eigenvalue weighted by molar-refractivity contribution is 5.89. The van der Waals surface area contributed by atoms with Gasteiger partial charge in [0.05, 0.1) is 38.6 Å². The van der Waals surface area contributed by atoms with E-state index < -0.39 is 42.3 Å². The molecule has 0 radical (unpaired) electrons. The number of esters is 1. The highest BCUT2D eigenvalue weighted by atomic mass is 16.7. The Morgan fingerprint density at radius 2 is 1.00 bits per heavy atom. The molecule has 0 aromatic heterocycles. The van der Waals surface area contributed by atoms with E-state index in [1.807, 2.05) is 127 Å². The predicted molar refractivity (Wildman–Crippen MR) is 197 cm³/mol. The largest absolute Gasteiger partial charge is 0.447 e. The van der Waals surface area contributed by atoms with E-state index in [0.29, 0.717) is 12.2 Å². The number of carbonyl (C=O) groups excluding carboxylic acids is 1. The highest BCUT2D eigenvalue weighted by Gasteiger charge is 2.58. The molecule has 6 rings (SSSR count). The highest BCUT2D eigenvalue weighted by Crippen LogP contribution is 2.39. The van der Waals surface area contributed by atoms with E-state index in [1.165, 1.54) is 7.11 Å². The van der Waals surface area contributed by atoms with E-state index >= 15 is 0 Å². The summed E-state index contributed by atoms with van der Waals surface area (Å²) in [6, 6.07) is 48.4. The second kappa shape index (κ2) is 18.7. The lowest BCUT2D eigenvalue weighted by molar-refractivity contribution is -0.269. The van der Waals surface area contributed by atoms with Crippen LogP contribution in [-0.2, 0) is 59.6 Å². The first-order valence-corrected chi connectivity index (χ1v) is 17.6. The van der Waals surface area contributed by atoms with Crippen molar-refractivity contribution in [2.75, 3.05) is 13.7 Å². The minimum atomic E-state index is -1.53. The second-order valence-electron chi connectivity index (χ2n) is 12.9. The van der Waals surface area contributed by atoms with Crippen LogP contribution in [0.25, 0.3) is 0 Å². The average Bonchev–Trinajstić information content (AvgIpc) is 3.28. The van der Waals surface area contributed by atoms with Gasteiger partial charge < -0.3 is 33.2 Å². The van der Waals surface area contributed by atoms with Crippen LogP contribution in [0.2, 0.25) is 0 Å². The van der Waals surface area contributed by atoms with Crippen molar-refractivity contribution in [1.29, 1.82) is 0 Å². The first-order valence-electron chi connectivity index (χ1n) is 17.6.